The number of carbonyl (C=O) groups excluding carboxylic acids is 1. The van der Waals surface area contributed by atoms with Crippen LogP contribution in [-0.4, -0.2) is 23.8 Å². The zero-order chi connectivity index (χ0) is 12.3. The summed E-state index contributed by atoms with van der Waals surface area (Å²) in [5, 5.41) is 1.91. The van der Waals surface area contributed by atoms with Crippen LogP contribution in [0.25, 0.3) is 10.8 Å². The third kappa shape index (κ3) is 2.50. The van der Waals surface area contributed by atoms with Crippen molar-refractivity contribution in [2.75, 3.05) is 18.6 Å². The first-order valence-electron chi connectivity index (χ1n) is 5.04. The Kier molecular flexibility index (Phi) is 3.49. The van der Waals surface area contributed by atoms with Crippen molar-refractivity contribution < 1.29 is 9.53 Å². The molecule has 0 radical (unpaired) electrons. The van der Waals surface area contributed by atoms with Crippen molar-refractivity contribution in [1.29, 1.82) is 0 Å². The van der Waals surface area contributed by atoms with Gasteiger partial charge in [-0.25, -0.2) is 0 Å². The van der Waals surface area contributed by atoms with Gasteiger partial charge in [0.05, 0.1) is 12.9 Å². The molecule has 0 aliphatic rings. The van der Waals surface area contributed by atoms with Crippen LogP contribution < -0.4 is 5.73 Å². The van der Waals surface area contributed by atoms with E-state index in [1.807, 2.05) is 18.2 Å². The Bertz CT molecular complexity index is 557. The maximum Gasteiger partial charge on any atom is 0.315 e. The number of fused-ring (bicyclic) bond motifs is 1. The van der Waals surface area contributed by atoms with E-state index < -0.39 is 0 Å². The van der Waals surface area contributed by atoms with E-state index in [1.54, 1.807) is 12.4 Å². The number of anilines is 1. The number of pyridine rings is 1. The number of esters is 1. The van der Waals surface area contributed by atoms with Crippen molar-refractivity contribution in [1.82, 2.24) is 4.98 Å². The molecule has 0 amide bonds. The van der Waals surface area contributed by atoms with Crippen molar-refractivity contribution in [3.05, 3.63) is 30.6 Å². The predicted octanol–water partition coefficient (Wildman–Crippen LogP) is 2.08. The number of hydrogen-bond donors (Lipinski definition) is 1. The van der Waals surface area contributed by atoms with Gasteiger partial charge in [0.15, 0.2) is 0 Å². The number of nitrogen functional groups attached to an aromatic ring is 1. The largest absolute Gasteiger partial charge is 0.468 e. The molecule has 1 aromatic carbocycles. The quantitative estimate of drug-likeness (QED) is 0.512. The van der Waals surface area contributed by atoms with E-state index in [-0.39, 0.29) is 11.7 Å². The van der Waals surface area contributed by atoms with Gasteiger partial charge in [0.1, 0.15) is 0 Å². The monoisotopic (exact) mass is 248 g/mol. The number of rotatable bonds is 3. The summed E-state index contributed by atoms with van der Waals surface area (Å²) in [6.07, 6.45) is 3.44. The molecule has 2 rings (SSSR count). The average molecular weight is 248 g/mol. The molecule has 0 saturated carbocycles. The molecule has 0 aliphatic carbocycles. The molecule has 88 valence electrons. The lowest BCUT2D eigenvalue weighted by atomic mass is 10.1. The van der Waals surface area contributed by atoms with Crippen LogP contribution in [0, 0.1) is 0 Å². The summed E-state index contributed by atoms with van der Waals surface area (Å²) >= 11 is 1.43. The highest BCUT2D eigenvalue weighted by Gasteiger charge is 2.07. The molecule has 2 N–H and O–H groups in total. The second-order valence-electron chi connectivity index (χ2n) is 3.44. The summed E-state index contributed by atoms with van der Waals surface area (Å²) in [7, 11) is 1.38. The number of thioether (sulfide) groups is 1. The molecule has 1 heterocycles. The lowest BCUT2D eigenvalue weighted by Gasteiger charge is -2.07. The van der Waals surface area contributed by atoms with Crippen molar-refractivity contribution in [2.24, 2.45) is 0 Å². The molecule has 0 spiro atoms. The number of carbonyl (C=O) groups is 1. The number of nitrogens with two attached hydrogens (primary N) is 1. The fourth-order valence-corrected chi connectivity index (χ4v) is 2.39. The maximum atomic E-state index is 11.1. The zero-order valence-corrected chi connectivity index (χ0v) is 10.2. The summed E-state index contributed by atoms with van der Waals surface area (Å²) in [6.45, 7) is 0. The summed E-state index contributed by atoms with van der Waals surface area (Å²) in [5.41, 5.74) is 6.56. The number of methoxy groups -OCH3 is 1. The Morgan fingerprint density at radius 2 is 2.24 bits per heavy atom. The molecule has 0 unspecified atom stereocenters. The van der Waals surface area contributed by atoms with E-state index in [1.165, 1.54) is 18.9 Å². The number of ether oxygens (including phenoxy) is 1. The lowest BCUT2D eigenvalue weighted by Crippen LogP contribution is -2.03. The fourth-order valence-electron chi connectivity index (χ4n) is 1.51. The molecule has 5 heteroatoms. The molecule has 0 atom stereocenters. The van der Waals surface area contributed by atoms with Gasteiger partial charge >= 0.3 is 5.97 Å². The minimum Gasteiger partial charge on any atom is -0.468 e. The van der Waals surface area contributed by atoms with Crippen molar-refractivity contribution >= 4 is 34.2 Å². The van der Waals surface area contributed by atoms with E-state index in [0.717, 1.165) is 15.7 Å². The van der Waals surface area contributed by atoms with Gasteiger partial charge < -0.3 is 10.5 Å². The van der Waals surface area contributed by atoms with Crippen molar-refractivity contribution in [2.45, 2.75) is 4.90 Å². The Labute approximate surface area is 103 Å². The van der Waals surface area contributed by atoms with Gasteiger partial charge in [-0.15, -0.1) is 11.8 Å². The lowest BCUT2D eigenvalue weighted by molar-refractivity contribution is -0.137. The van der Waals surface area contributed by atoms with E-state index in [2.05, 4.69) is 9.72 Å². The van der Waals surface area contributed by atoms with E-state index in [0.29, 0.717) is 5.69 Å². The van der Waals surface area contributed by atoms with Crippen molar-refractivity contribution in [3.63, 3.8) is 0 Å². The van der Waals surface area contributed by atoms with Gasteiger partial charge in [0, 0.05) is 33.7 Å². The van der Waals surface area contributed by atoms with E-state index in [9.17, 15) is 4.79 Å². The first-order chi connectivity index (χ1) is 8.22. The van der Waals surface area contributed by atoms with Gasteiger partial charge in [-0.1, -0.05) is 0 Å². The average Bonchev–Trinajstić information content (AvgIpc) is 2.38. The molecular weight excluding hydrogens is 236 g/mol. The fraction of sp³-hybridized carbons (Fsp3) is 0.167. The van der Waals surface area contributed by atoms with Crippen LogP contribution in [-0.2, 0) is 9.53 Å². The van der Waals surface area contributed by atoms with Crippen molar-refractivity contribution in [3.8, 4) is 0 Å². The zero-order valence-electron chi connectivity index (χ0n) is 9.34. The molecule has 2 aromatic rings. The van der Waals surface area contributed by atoms with Gasteiger partial charge in [-0.3, -0.25) is 9.78 Å². The third-order valence-corrected chi connectivity index (χ3v) is 3.43. The highest BCUT2D eigenvalue weighted by molar-refractivity contribution is 8.00. The SMILES string of the molecule is COC(=O)CSc1ccc(N)c2cnccc12. The van der Waals surface area contributed by atoms with Gasteiger partial charge in [-0.2, -0.15) is 0 Å². The second-order valence-corrected chi connectivity index (χ2v) is 4.46. The van der Waals surface area contributed by atoms with Crippen LogP contribution in [0.1, 0.15) is 0 Å². The van der Waals surface area contributed by atoms with Crippen LogP contribution >= 0.6 is 11.8 Å². The molecule has 0 fully saturated rings. The minimum absolute atomic E-state index is 0.242. The van der Waals surface area contributed by atoms with Crippen LogP contribution in [0.15, 0.2) is 35.5 Å². The first-order valence-corrected chi connectivity index (χ1v) is 6.02. The summed E-state index contributed by atoms with van der Waals surface area (Å²) in [6, 6.07) is 5.63. The summed E-state index contributed by atoms with van der Waals surface area (Å²) in [5.74, 6) is 0.0479. The highest BCUT2D eigenvalue weighted by atomic mass is 32.2. The topological polar surface area (TPSA) is 65.2 Å². The standard InChI is InChI=1S/C12H12N2O2S/c1-16-12(15)7-17-11-3-2-10(13)9-6-14-5-4-8(9)11/h2-6H,7,13H2,1H3. The summed E-state index contributed by atoms with van der Waals surface area (Å²) in [4.78, 5) is 16.2. The predicted molar refractivity (Wildman–Crippen MR) is 68.9 cm³/mol. The molecule has 4 nitrogen and oxygen atoms in total. The number of benzene rings is 1. The maximum absolute atomic E-state index is 11.1. The van der Waals surface area contributed by atoms with Gasteiger partial charge in [0.25, 0.3) is 0 Å². The van der Waals surface area contributed by atoms with Gasteiger partial charge in [-0.05, 0) is 18.2 Å². The minimum atomic E-state index is -0.242. The smallest absolute Gasteiger partial charge is 0.315 e. The third-order valence-electron chi connectivity index (χ3n) is 2.38. The Balaban J connectivity index is 2.35. The van der Waals surface area contributed by atoms with Crippen LogP contribution in [0.2, 0.25) is 0 Å². The second kappa shape index (κ2) is 5.05. The normalized spacial score (nSPS) is 10.4. The first kappa shape index (κ1) is 11.7. The van der Waals surface area contributed by atoms with E-state index in [4.69, 9.17) is 5.73 Å². The Morgan fingerprint density at radius 3 is 3.00 bits per heavy atom. The molecule has 1 aromatic heterocycles. The molecular formula is C12H12N2O2S. The molecule has 0 saturated heterocycles. The highest BCUT2D eigenvalue weighted by Crippen LogP contribution is 2.30. The number of nitrogens with zero attached hydrogens (tertiary/aromatic N) is 1. The van der Waals surface area contributed by atoms with Gasteiger partial charge in [0.2, 0.25) is 0 Å². The molecule has 0 bridgehead atoms. The molecule has 17 heavy (non-hydrogen) atoms. The summed E-state index contributed by atoms with van der Waals surface area (Å²) < 4.78 is 4.61. The number of hydrogen-bond acceptors (Lipinski definition) is 5. The van der Waals surface area contributed by atoms with Crippen LogP contribution in [0.3, 0.4) is 0 Å². The Morgan fingerprint density at radius 1 is 1.41 bits per heavy atom. The van der Waals surface area contributed by atoms with E-state index >= 15 is 0 Å². The molecule has 0 aliphatic heterocycles. The number of aromatic nitrogens is 1. The van der Waals surface area contributed by atoms with Crippen LogP contribution in [0.5, 0.6) is 0 Å². The van der Waals surface area contributed by atoms with Crippen LogP contribution in [0.4, 0.5) is 5.69 Å². The Hall–Kier alpha value is -1.75.